The summed E-state index contributed by atoms with van der Waals surface area (Å²) in [6.45, 7) is 0. The van der Waals surface area contributed by atoms with E-state index in [1.807, 2.05) is 0 Å². The molecule has 0 aromatic heterocycles. The maximum Gasteiger partial charge on any atom is 0.305 e. The first-order chi connectivity index (χ1) is 7.88. The molecule has 0 radical (unpaired) electrons. The SMILES string of the molecule is COc1cc(F)c(C(N)CC(=O)O)c(F)c1Br. The highest BCUT2D eigenvalue weighted by atomic mass is 79.9. The molecule has 0 saturated heterocycles. The van der Waals surface area contributed by atoms with Crippen LogP contribution in [-0.4, -0.2) is 18.2 Å². The van der Waals surface area contributed by atoms with E-state index in [1.165, 1.54) is 7.11 Å². The second-order valence-electron chi connectivity index (χ2n) is 3.31. The summed E-state index contributed by atoms with van der Waals surface area (Å²) in [7, 11) is 1.26. The Morgan fingerprint density at radius 2 is 2.24 bits per heavy atom. The van der Waals surface area contributed by atoms with E-state index in [0.29, 0.717) is 0 Å². The Morgan fingerprint density at radius 1 is 1.65 bits per heavy atom. The predicted octanol–water partition coefficient (Wildman–Crippen LogP) is 2.21. The summed E-state index contributed by atoms with van der Waals surface area (Å²) in [5, 5.41) is 8.54. The van der Waals surface area contributed by atoms with Gasteiger partial charge in [-0.1, -0.05) is 0 Å². The molecule has 17 heavy (non-hydrogen) atoms. The summed E-state index contributed by atoms with van der Waals surface area (Å²) in [5.41, 5.74) is 4.96. The lowest BCUT2D eigenvalue weighted by Gasteiger charge is -2.14. The lowest BCUT2D eigenvalue weighted by atomic mass is 10.0. The van der Waals surface area contributed by atoms with Crippen molar-refractivity contribution in [3.05, 3.63) is 27.7 Å². The monoisotopic (exact) mass is 309 g/mol. The fourth-order valence-corrected chi connectivity index (χ4v) is 1.86. The van der Waals surface area contributed by atoms with Crippen LogP contribution in [0.4, 0.5) is 8.78 Å². The Kier molecular flexibility index (Phi) is 4.41. The highest BCUT2D eigenvalue weighted by molar-refractivity contribution is 9.10. The third kappa shape index (κ3) is 2.92. The summed E-state index contributed by atoms with van der Waals surface area (Å²) in [6, 6.07) is -0.306. The van der Waals surface area contributed by atoms with Crippen molar-refractivity contribution in [3.8, 4) is 5.75 Å². The molecule has 0 amide bonds. The largest absolute Gasteiger partial charge is 0.495 e. The molecule has 7 heteroatoms. The summed E-state index contributed by atoms with van der Waals surface area (Å²) in [6.07, 6.45) is -0.563. The molecule has 3 N–H and O–H groups in total. The number of carboxylic acid groups (broad SMARTS) is 1. The molecule has 4 nitrogen and oxygen atoms in total. The Morgan fingerprint density at radius 3 is 2.71 bits per heavy atom. The van der Waals surface area contributed by atoms with Crippen molar-refractivity contribution >= 4 is 21.9 Å². The van der Waals surface area contributed by atoms with Gasteiger partial charge in [0.2, 0.25) is 0 Å². The molecule has 0 bridgehead atoms. The van der Waals surface area contributed by atoms with Crippen LogP contribution in [0.1, 0.15) is 18.0 Å². The number of carboxylic acids is 1. The molecule has 0 fully saturated rings. The van der Waals surface area contributed by atoms with Crippen molar-refractivity contribution in [2.45, 2.75) is 12.5 Å². The molecular formula is C10H10BrF2NO3. The first-order valence-corrected chi connectivity index (χ1v) is 5.36. The summed E-state index contributed by atoms with van der Waals surface area (Å²) in [4.78, 5) is 10.5. The van der Waals surface area contributed by atoms with E-state index in [1.54, 1.807) is 0 Å². The average molecular weight is 310 g/mol. The number of hydrogen-bond acceptors (Lipinski definition) is 3. The van der Waals surface area contributed by atoms with Crippen molar-refractivity contribution in [2.75, 3.05) is 7.11 Å². The van der Waals surface area contributed by atoms with Gasteiger partial charge in [-0.2, -0.15) is 0 Å². The van der Waals surface area contributed by atoms with Gasteiger partial charge in [0.05, 0.1) is 18.0 Å². The van der Waals surface area contributed by atoms with Crippen molar-refractivity contribution < 1.29 is 23.4 Å². The van der Waals surface area contributed by atoms with Gasteiger partial charge in [-0.3, -0.25) is 4.79 Å². The van der Waals surface area contributed by atoms with Crippen LogP contribution in [0.2, 0.25) is 0 Å². The number of ether oxygens (including phenoxy) is 1. The van der Waals surface area contributed by atoms with E-state index >= 15 is 0 Å². The number of methoxy groups -OCH3 is 1. The molecule has 0 spiro atoms. The van der Waals surface area contributed by atoms with Crippen LogP contribution in [0.15, 0.2) is 10.5 Å². The van der Waals surface area contributed by atoms with Gasteiger partial charge in [-0.05, 0) is 15.9 Å². The molecule has 1 rings (SSSR count). The van der Waals surface area contributed by atoms with Crippen molar-refractivity contribution in [1.29, 1.82) is 0 Å². The van der Waals surface area contributed by atoms with E-state index in [-0.39, 0.29) is 10.2 Å². The van der Waals surface area contributed by atoms with Crippen LogP contribution in [0, 0.1) is 11.6 Å². The minimum Gasteiger partial charge on any atom is -0.495 e. The van der Waals surface area contributed by atoms with Crippen molar-refractivity contribution in [2.24, 2.45) is 5.73 Å². The smallest absolute Gasteiger partial charge is 0.305 e. The van der Waals surface area contributed by atoms with Crippen LogP contribution in [0.25, 0.3) is 0 Å². The van der Waals surface area contributed by atoms with E-state index < -0.39 is 35.6 Å². The Bertz CT molecular complexity index is 454. The molecular weight excluding hydrogens is 300 g/mol. The van der Waals surface area contributed by atoms with Gasteiger partial charge in [-0.15, -0.1) is 0 Å². The molecule has 0 aliphatic rings. The number of halogens is 3. The fraction of sp³-hybridized carbons (Fsp3) is 0.300. The maximum atomic E-state index is 13.8. The van der Waals surface area contributed by atoms with Crippen LogP contribution < -0.4 is 10.5 Å². The topological polar surface area (TPSA) is 72.5 Å². The molecule has 0 aliphatic carbocycles. The molecule has 0 saturated carbocycles. The maximum absolute atomic E-state index is 13.8. The third-order valence-electron chi connectivity index (χ3n) is 2.15. The second kappa shape index (κ2) is 5.42. The standard InChI is InChI=1S/C10H10BrF2NO3/c1-17-6-2-4(12)8(10(13)9(6)11)5(14)3-7(15)16/h2,5H,3,14H2,1H3,(H,15,16). The summed E-state index contributed by atoms with van der Waals surface area (Å²) >= 11 is 2.89. The molecule has 0 heterocycles. The summed E-state index contributed by atoms with van der Waals surface area (Å²) in [5.74, 6) is -3.14. The molecule has 1 aromatic carbocycles. The van der Waals surface area contributed by atoms with Gasteiger partial charge in [0.1, 0.15) is 17.4 Å². The molecule has 1 atom stereocenters. The van der Waals surface area contributed by atoms with E-state index in [4.69, 9.17) is 15.6 Å². The first kappa shape index (κ1) is 13.9. The minimum atomic E-state index is -1.25. The number of nitrogens with two attached hydrogens (primary N) is 1. The van der Waals surface area contributed by atoms with Gasteiger partial charge in [0.15, 0.2) is 0 Å². The van der Waals surface area contributed by atoms with Gasteiger partial charge in [0.25, 0.3) is 0 Å². The second-order valence-corrected chi connectivity index (χ2v) is 4.10. The number of benzene rings is 1. The van der Waals surface area contributed by atoms with Crippen LogP contribution in [0.3, 0.4) is 0 Å². The van der Waals surface area contributed by atoms with Crippen LogP contribution in [-0.2, 0) is 4.79 Å². The van der Waals surface area contributed by atoms with Crippen molar-refractivity contribution in [3.63, 3.8) is 0 Å². The minimum absolute atomic E-state index is 0.0220. The summed E-state index contributed by atoms with van der Waals surface area (Å²) < 4.78 is 32.0. The first-order valence-electron chi connectivity index (χ1n) is 4.57. The zero-order valence-electron chi connectivity index (χ0n) is 8.84. The van der Waals surface area contributed by atoms with E-state index in [9.17, 15) is 13.6 Å². The highest BCUT2D eigenvalue weighted by Crippen LogP contribution is 2.34. The third-order valence-corrected chi connectivity index (χ3v) is 2.88. The molecule has 0 aliphatic heterocycles. The lowest BCUT2D eigenvalue weighted by Crippen LogP contribution is -2.18. The zero-order chi connectivity index (χ0) is 13.2. The van der Waals surface area contributed by atoms with E-state index in [2.05, 4.69) is 15.9 Å². The highest BCUT2D eigenvalue weighted by Gasteiger charge is 2.23. The fourth-order valence-electron chi connectivity index (χ4n) is 1.37. The molecule has 1 unspecified atom stereocenters. The Hall–Kier alpha value is -1.21. The molecule has 1 aromatic rings. The van der Waals surface area contributed by atoms with Crippen molar-refractivity contribution in [1.82, 2.24) is 0 Å². The van der Waals surface area contributed by atoms with Gasteiger partial charge < -0.3 is 15.6 Å². The average Bonchev–Trinajstić information content (AvgIpc) is 2.22. The lowest BCUT2D eigenvalue weighted by molar-refractivity contribution is -0.137. The number of rotatable bonds is 4. The Labute approximate surface area is 104 Å². The predicted molar refractivity (Wildman–Crippen MR) is 59.8 cm³/mol. The molecule has 94 valence electrons. The number of carbonyl (C=O) groups is 1. The van der Waals surface area contributed by atoms with E-state index in [0.717, 1.165) is 6.07 Å². The normalized spacial score (nSPS) is 12.3. The quantitative estimate of drug-likeness (QED) is 0.836. The zero-order valence-corrected chi connectivity index (χ0v) is 10.4. The van der Waals surface area contributed by atoms with Gasteiger partial charge in [-0.25, -0.2) is 8.78 Å². The Balaban J connectivity index is 3.25. The number of hydrogen-bond donors (Lipinski definition) is 2. The van der Waals surface area contributed by atoms with Crippen LogP contribution in [0.5, 0.6) is 5.75 Å². The number of aliphatic carboxylic acids is 1. The van der Waals surface area contributed by atoms with Gasteiger partial charge >= 0.3 is 5.97 Å². The van der Waals surface area contributed by atoms with Gasteiger partial charge in [0, 0.05) is 17.7 Å². The van der Waals surface area contributed by atoms with Crippen LogP contribution >= 0.6 is 15.9 Å².